The van der Waals surface area contributed by atoms with Gasteiger partial charge in [-0.3, -0.25) is 0 Å². The third kappa shape index (κ3) is 2.92. The fraction of sp³-hybridized carbons (Fsp3) is 0.500. The van der Waals surface area contributed by atoms with E-state index >= 15 is 0 Å². The number of azo groups is 1. The topological polar surface area (TPSA) is 50.7 Å². The fourth-order valence-electron chi connectivity index (χ4n) is 2.09. The molecule has 0 aromatic heterocycles. The molecule has 0 aliphatic heterocycles. The van der Waals surface area contributed by atoms with Gasteiger partial charge in [-0.05, 0) is 25.8 Å². The van der Waals surface area contributed by atoms with E-state index in [-0.39, 0.29) is 17.0 Å². The Balaban J connectivity index is 2.15. The molecule has 3 heteroatoms. The summed E-state index contributed by atoms with van der Waals surface area (Å²) in [4.78, 5) is 0. The average Bonchev–Trinajstić information content (AvgIpc) is 2.35. The van der Waals surface area contributed by atoms with Crippen LogP contribution >= 0.6 is 0 Å². The number of allylic oxidation sites excluding steroid dienone is 3. The molecule has 0 amide bonds. The van der Waals surface area contributed by atoms with Gasteiger partial charge in [-0.2, -0.15) is 10.2 Å². The number of nitrogens with zero attached hydrogens (tertiary/aromatic N) is 2. The molecule has 2 N–H and O–H groups in total. The predicted molar refractivity (Wildman–Crippen MR) is 79.7 cm³/mol. The Morgan fingerprint density at radius 3 is 2.47 bits per heavy atom. The minimum atomic E-state index is -0.288. The van der Waals surface area contributed by atoms with Crippen LogP contribution < -0.4 is 5.73 Å². The van der Waals surface area contributed by atoms with Crippen molar-refractivity contribution in [2.75, 3.05) is 0 Å². The Morgan fingerprint density at radius 2 is 1.84 bits per heavy atom. The second-order valence-corrected chi connectivity index (χ2v) is 6.04. The van der Waals surface area contributed by atoms with Crippen LogP contribution in [0.3, 0.4) is 0 Å². The standard InChI is InChI=1S/C16H23N3/c1-12-7-5-6-9-16(12,4)19-18-14-8-10-15(3,17)13(2)11-14/h5-13H,17H2,1-4H3. The van der Waals surface area contributed by atoms with Gasteiger partial charge in [0.2, 0.25) is 0 Å². The van der Waals surface area contributed by atoms with Crippen LogP contribution in [0.25, 0.3) is 0 Å². The van der Waals surface area contributed by atoms with Crippen molar-refractivity contribution in [1.29, 1.82) is 0 Å². The minimum absolute atomic E-state index is 0.254. The molecule has 102 valence electrons. The van der Waals surface area contributed by atoms with Crippen molar-refractivity contribution >= 4 is 0 Å². The highest BCUT2D eigenvalue weighted by atomic mass is 15.2. The van der Waals surface area contributed by atoms with Crippen molar-refractivity contribution in [3.8, 4) is 0 Å². The summed E-state index contributed by atoms with van der Waals surface area (Å²) in [6.07, 6.45) is 14.4. The summed E-state index contributed by atoms with van der Waals surface area (Å²) in [6.45, 7) is 8.39. The number of nitrogens with two attached hydrogens (primary N) is 1. The van der Waals surface area contributed by atoms with Gasteiger partial charge in [0.25, 0.3) is 0 Å². The van der Waals surface area contributed by atoms with Crippen LogP contribution in [0, 0.1) is 11.8 Å². The maximum atomic E-state index is 6.15. The van der Waals surface area contributed by atoms with Gasteiger partial charge in [0.05, 0.1) is 5.70 Å². The molecule has 2 aliphatic carbocycles. The van der Waals surface area contributed by atoms with E-state index in [1.54, 1.807) is 0 Å². The quantitative estimate of drug-likeness (QED) is 0.752. The van der Waals surface area contributed by atoms with Gasteiger partial charge in [0, 0.05) is 11.5 Å². The van der Waals surface area contributed by atoms with Crippen LogP contribution in [-0.4, -0.2) is 11.1 Å². The number of hydrogen-bond donors (Lipinski definition) is 1. The van der Waals surface area contributed by atoms with E-state index in [0.717, 1.165) is 5.70 Å². The Morgan fingerprint density at radius 1 is 1.11 bits per heavy atom. The molecule has 19 heavy (non-hydrogen) atoms. The lowest BCUT2D eigenvalue weighted by Crippen LogP contribution is -2.41. The van der Waals surface area contributed by atoms with Gasteiger partial charge in [-0.1, -0.05) is 50.3 Å². The van der Waals surface area contributed by atoms with Crippen LogP contribution in [0.2, 0.25) is 0 Å². The lowest BCUT2D eigenvalue weighted by Gasteiger charge is -2.30. The molecule has 0 heterocycles. The van der Waals surface area contributed by atoms with E-state index in [9.17, 15) is 0 Å². The Labute approximate surface area is 115 Å². The molecule has 0 fully saturated rings. The number of hydrogen-bond acceptors (Lipinski definition) is 3. The van der Waals surface area contributed by atoms with Crippen molar-refractivity contribution in [1.82, 2.24) is 0 Å². The van der Waals surface area contributed by atoms with Crippen molar-refractivity contribution < 1.29 is 0 Å². The van der Waals surface area contributed by atoms with E-state index in [1.165, 1.54) is 0 Å². The van der Waals surface area contributed by atoms with Crippen LogP contribution in [-0.2, 0) is 0 Å². The molecule has 0 radical (unpaired) electrons. The van der Waals surface area contributed by atoms with Gasteiger partial charge >= 0.3 is 0 Å². The van der Waals surface area contributed by atoms with Crippen LogP contribution in [0.15, 0.2) is 58.5 Å². The molecule has 2 rings (SSSR count). The second-order valence-electron chi connectivity index (χ2n) is 6.04. The van der Waals surface area contributed by atoms with Crippen LogP contribution in [0.4, 0.5) is 0 Å². The first kappa shape index (κ1) is 13.9. The fourth-order valence-corrected chi connectivity index (χ4v) is 2.09. The van der Waals surface area contributed by atoms with Gasteiger partial charge in [-0.25, -0.2) is 0 Å². The highest BCUT2D eigenvalue weighted by molar-refractivity contribution is 5.29. The van der Waals surface area contributed by atoms with Gasteiger partial charge in [0.1, 0.15) is 5.54 Å². The van der Waals surface area contributed by atoms with E-state index in [2.05, 4.69) is 55.3 Å². The zero-order valence-electron chi connectivity index (χ0n) is 12.2. The first-order chi connectivity index (χ1) is 8.83. The maximum Gasteiger partial charge on any atom is 0.103 e. The summed E-state index contributed by atoms with van der Waals surface area (Å²) < 4.78 is 0. The lowest BCUT2D eigenvalue weighted by molar-refractivity contribution is 0.433. The van der Waals surface area contributed by atoms with E-state index in [4.69, 9.17) is 5.73 Å². The smallest absolute Gasteiger partial charge is 0.103 e. The zero-order valence-corrected chi connectivity index (χ0v) is 12.2. The molecular weight excluding hydrogens is 234 g/mol. The van der Waals surface area contributed by atoms with Gasteiger partial charge in [-0.15, -0.1) is 0 Å². The molecule has 4 unspecified atom stereocenters. The Hall–Kier alpha value is -1.48. The van der Waals surface area contributed by atoms with Crippen molar-refractivity contribution in [2.24, 2.45) is 27.8 Å². The molecule has 0 aromatic rings. The first-order valence-electron chi connectivity index (χ1n) is 6.82. The van der Waals surface area contributed by atoms with Crippen molar-refractivity contribution in [3.63, 3.8) is 0 Å². The minimum Gasteiger partial charge on any atom is -0.322 e. The van der Waals surface area contributed by atoms with E-state index in [0.29, 0.717) is 5.92 Å². The van der Waals surface area contributed by atoms with Gasteiger partial charge in [0.15, 0.2) is 0 Å². The summed E-state index contributed by atoms with van der Waals surface area (Å²) in [5.41, 5.74) is 6.50. The summed E-state index contributed by atoms with van der Waals surface area (Å²) in [5, 5.41) is 8.93. The Kier molecular flexibility index (Phi) is 3.59. The normalized spacial score (nSPS) is 41.8. The predicted octanol–water partition coefficient (Wildman–Crippen LogP) is 3.77. The molecular formula is C16H23N3. The largest absolute Gasteiger partial charge is 0.322 e. The second kappa shape index (κ2) is 4.89. The van der Waals surface area contributed by atoms with Crippen LogP contribution in [0.5, 0.6) is 0 Å². The first-order valence-corrected chi connectivity index (χ1v) is 6.82. The van der Waals surface area contributed by atoms with E-state index < -0.39 is 0 Å². The third-order valence-corrected chi connectivity index (χ3v) is 4.26. The molecule has 3 nitrogen and oxygen atoms in total. The molecule has 0 saturated heterocycles. The average molecular weight is 257 g/mol. The summed E-state index contributed by atoms with van der Waals surface area (Å²) in [6, 6.07) is 0. The Bertz CT molecular complexity index is 494. The van der Waals surface area contributed by atoms with Crippen LogP contribution in [0.1, 0.15) is 27.7 Å². The molecule has 0 saturated carbocycles. The SMILES string of the molecule is CC1C=C(N=NC2(C)C=CC=CC2C)C=CC1(C)N. The third-order valence-electron chi connectivity index (χ3n) is 4.26. The number of rotatable bonds is 2. The van der Waals surface area contributed by atoms with Gasteiger partial charge < -0.3 is 5.73 Å². The maximum absolute atomic E-state index is 6.15. The molecule has 0 spiro atoms. The molecule has 0 aromatic carbocycles. The highest BCUT2D eigenvalue weighted by Gasteiger charge is 2.29. The lowest BCUT2D eigenvalue weighted by atomic mass is 9.83. The monoisotopic (exact) mass is 257 g/mol. The van der Waals surface area contributed by atoms with Crippen molar-refractivity contribution in [2.45, 2.75) is 38.8 Å². The van der Waals surface area contributed by atoms with Crippen molar-refractivity contribution in [3.05, 3.63) is 48.2 Å². The zero-order chi connectivity index (χ0) is 14.1. The molecule has 0 bridgehead atoms. The molecule has 2 aliphatic rings. The summed E-state index contributed by atoms with van der Waals surface area (Å²) >= 11 is 0. The summed E-state index contributed by atoms with van der Waals surface area (Å²) in [5.74, 6) is 0.616. The highest BCUT2D eigenvalue weighted by Crippen LogP contribution is 2.30. The van der Waals surface area contributed by atoms with E-state index in [1.807, 2.05) is 25.2 Å². The molecule has 4 atom stereocenters. The summed E-state index contributed by atoms with van der Waals surface area (Å²) in [7, 11) is 0.